The van der Waals surface area contributed by atoms with Gasteiger partial charge in [0.15, 0.2) is 17.2 Å². The lowest BCUT2D eigenvalue weighted by molar-refractivity contribution is 0.0950. The molecule has 0 radical (unpaired) electrons. The molecule has 0 unspecified atom stereocenters. The molecule has 2 aromatic heterocycles. The SMILES string of the molecule is COc1ccc(C(C)=NNC(=O)c2nc3ccccn3c2C)cc1OC. The Balaban J connectivity index is 1.82. The molecule has 7 heteroatoms. The van der Waals surface area contributed by atoms with Crippen LogP contribution in [0.2, 0.25) is 0 Å². The molecule has 0 spiro atoms. The Morgan fingerprint density at radius 3 is 2.62 bits per heavy atom. The van der Waals surface area contributed by atoms with Crippen LogP contribution in [0.15, 0.2) is 47.7 Å². The number of hydrogen-bond donors (Lipinski definition) is 1. The van der Waals surface area contributed by atoms with Gasteiger partial charge in [-0.25, -0.2) is 10.4 Å². The van der Waals surface area contributed by atoms with E-state index < -0.39 is 0 Å². The summed E-state index contributed by atoms with van der Waals surface area (Å²) in [5.74, 6) is 0.876. The van der Waals surface area contributed by atoms with Crippen LogP contribution in [0.4, 0.5) is 0 Å². The van der Waals surface area contributed by atoms with Crippen molar-refractivity contribution in [3.8, 4) is 11.5 Å². The van der Waals surface area contributed by atoms with Crippen LogP contribution in [0, 0.1) is 6.92 Å². The van der Waals surface area contributed by atoms with Crippen molar-refractivity contribution in [2.24, 2.45) is 5.10 Å². The largest absolute Gasteiger partial charge is 0.493 e. The van der Waals surface area contributed by atoms with Crippen LogP contribution in [-0.4, -0.2) is 35.2 Å². The van der Waals surface area contributed by atoms with Gasteiger partial charge in [0.1, 0.15) is 5.65 Å². The zero-order chi connectivity index (χ0) is 18.7. The van der Waals surface area contributed by atoms with Crippen molar-refractivity contribution in [1.82, 2.24) is 14.8 Å². The van der Waals surface area contributed by atoms with Gasteiger partial charge in [-0.1, -0.05) is 6.07 Å². The second kappa shape index (κ2) is 7.26. The maximum atomic E-state index is 12.5. The number of benzene rings is 1. The monoisotopic (exact) mass is 352 g/mol. The molecule has 2 heterocycles. The summed E-state index contributed by atoms with van der Waals surface area (Å²) in [5, 5.41) is 4.18. The fraction of sp³-hybridized carbons (Fsp3) is 0.211. The molecule has 0 saturated carbocycles. The molecule has 0 aliphatic carbocycles. The Morgan fingerprint density at radius 2 is 1.92 bits per heavy atom. The molecular formula is C19H20N4O3. The summed E-state index contributed by atoms with van der Waals surface area (Å²) in [6.45, 7) is 3.65. The van der Waals surface area contributed by atoms with Gasteiger partial charge in [-0.15, -0.1) is 0 Å². The maximum Gasteiger partial charge on any atom is 0.291 e. The first-order chi connectivity index (χ1) is 12.5. The van der Waals surface area contributed by atoms with E-state index in [9.17, 15) is 4.79 Å². The number of hydrogen-bond acceptors (Lipinski definition) is 5. The maximum absolute atomic E-state index is 12.5. The van der Waals surface area contributed by atoms with E-state index in [1.807, 2.05) is 41.8 Å². The number of hydrazone groups is 1. The number of rotatable bonds is 5. The first-order valence-corrected chi connectivity index (χ1v) is 8.06. The zero-order valence-corrected chi connectivity index (χ0v) is 15.1. The van der Waals surface area contributed by atoms with Crippen LogP contribution in [0.1, 0.15) is 28.7 Å². The predicted molar refractivity (Wildman–Crippen MR) is 99.2 cm³/mol. The fourth-order valence-corrected chi connectivity index (χ4v) is 2.65. The van der Waals surface area contributed by atoms with E-state index in [1.54, 1.807) is 33.3 Å². The molecule has 134 valence electrons. The lowest BCUT2D eigenvalue weighted by atomic mass is 10.1. The minimum absolute atomic E-state index is 0.347. The van der Waals surface area contributed by atoms with Gasteiger partial charge in [0.2, 0.25) is 0 Å². The van der Waals surface area contributed by atoms with E-state index in [0.29, 0.717) is 22.9 Å². The number of nitrogens with zero attached hydrogens (tertiary/aromatic N) is 3. The van der Waals surface area contributed by atoms with Crippen LogP contribution in [0.5, 0.6) is 11.5 Å². The van der Waals surface area contributed by atoms with Crippen molar-refractivity contribution in [2.75, 3.05) is 14.2 Å². The number of carbonyl (C=O) groups excluding carboxylic acids is 1. The number of carbonyl (C=O) groups is 1. The van der Waals surface area contributed by atoms with Gasteiger partial charge in [-0.05, 0) is 44.2 Å². The molecule has 1 aromatic carbocycles. The summed E-state index contributed by atoms with van der Waals surface area (Å²) in [5.41, 5.74) is 5.85. The summed E-state index contributed by atoms with van der Waals surface area (Å²) >= 11 is 0. The lowest BCUT2D eigenvalue weighted by Gasteiger charge is -2.09. The lowest BCUT2D eigenvalue weighted by Crippen LogP contribution is -2.20. The van der Waals surface area contributed by atoms with Crippen molar-refractivity contribution in [1.29, 1.82) is 0 Å². The Kier molecular flexibility index (Phi) is 4.88. The van der Waals surface area contributed by atoms with E-state index in [-0.39, 0.29) is 5.91 Å². The Morgan fingerprint density at radius 1 is 1.15 bits per heavy atom. The number of methoxy groups -OCH3 is 2. The fourth-order valence-electron chi connectivity index (χ4n) is 2.65. The van der Waals surface area contributed by atoms with Crippen molar-refractivity contribution in [3.05, 3.63) is 59.5 Å². The summed E-state index contributed by atoms with van der Waals surface area (Å²) in [4.78, 5) is 16.8. The molecule has 1 amide bonds. The quantitative estimate of drug-likeness (QED) is 0.566. The van der Waals surface area contributed by atoms with Crippen molar-refractivity contribution >= 4 is 17.3 Å². The molecule has 0 aliphatic rings. The summed E-state index contributed by atoms with van der Waals surface area (Å²) in [7, 11) is 3.15. The zero-order valence-electron chi connectivity index (χ0n) is 15.1. The van der Waals surface area contributed by atoms with E-state index in [1.165, 1.54) is 0 Å². The second-order valence-corrected chi connectivity index (χ2v) is 5.68. The highest BCUT2D eigenvalue weighted by Crippen LogP contribution is 2.27. The van der Waals surface area contributed by atoms with Gasteiger partial charge in [-0.3, -0.25) is 4.79 Å². The third-order valence-electron chi connectivity index (χ3n) is 4.11. The third kappa shape index (κ3) is 3.23. The number of pyridine rings is 1. The van der Waals surface area contributed by atoms with Crippen LogP contribution >= 0.6 is 0 Å². The molecule has 0 fully saturated rings. The highest BCUT2D eigenvalue weighted by atomic mass is 16.5. The smallest absolute Gasteiger partial charge is 0.291 e. The Bertz CT molecular complexity index is 992. The minimum atomic E-state index is -0.356. The average Bonchev–Trinajstić information content (AvgIpc) is 3.02. The Labute approximate surface area is 151 Å². The number of fused-ring (bicyclic) bond motifs is 1. The van der Waals surface area contributed by atoms with Crippen LogP contribution in [-0.2, 0) is 0 Å². The van der Waals surface area contributed by atoms with Gasteiger partial charge in [0.25, 0.3) is 5.91 Å². The standard InChI is InChI=1S/C19H20N4O3/c1-12(14-8-9-15(25-3)16(11-14)26-4)21-22-19(24)18-13(2)23-10-6-5-7-17(23)20-18/h5-11H,1-4H3,(H,22,24). The van der Waals surface area contributed by atoms with E-state index >= 15 is 0 Å². The number of aryl methyl sites for hydroxylation is 1. The van der Waals surface area contributed by atoms with Crippen LogP contribution in [0.25, 0.3) is 5.65 Å². The predicted octanol–water partition coefficient (Wildman–Crippen LogP) is 2.81. The van der Waals surface area contributed by atoms with Gasteiger partial charge in [0.05, 0.1) is 25.6 Å². The number of aromatic nitrogens is 2. The molecular weight excluding hydrogens is 332 g/mol. The molecule has 0 bridgehead atoms. The highest BCUT2D eigenvalue weighted by Gasteiger charge is 2.15. The topological polar surface area (TPSA) is 77.2 Å². The molecule has 7 nitrogen and oxygen atoms in total. The van der Waals surface area contributed by atoms with Crippen LogP contribution in [0.3, 0.4) is 0 Å². The van der Waals surface area contributed by atoms with Crippen molar-refractivity contribution in [3.63, 3.8) is 0 Å². The van der Waals surface area contributed by atoms with E-state index in [4.69, 9.17) is 9.47 Å². The molecule has 0 aliphatic heterocycles. The third-order valence-corrected chi connectivity index (χ3v) is 4.11. The Hall–Kier alpha value is -3.35. The number of ether oxygens (including phenoxy) is 2. The average molecular weight is 352 g/mol. The first kappa shape index (κ1) is 17.5. The van der Waals surface area contributed by atoms with E-state index in [0.717, 1.165) is 16.9 Å². The molecule has 3 rings (SSSR count). The summed E-state index contributed by atoms with van der Waals surface area (Å²) in [6.07, 6.45) is 1.87. The molecule has 0 saturated heterocycles. The minimum Gasteiger partial charge on any atom is -0.493 e. The molecule has 0 atom stereocenters. The van der Waals surface area contributed by atoms with Gasteiger partial charge >= 0.3 is 0 Å². The molecule has 26 heavy (non-hydrogen) atoms. The first-order valence-electron chi connectivity index (χ1n) is 8.06. The van der Waals surface area contributed by atoms with E-state index in [2.05, 4.69) is 15.5 Å². The second-order valence-electron chi connectivity index (χ2n) is 5.68. The van der Waals surface area contributed by atoms with Gasteiger partial charge in [0, 0.05) is 11.8 Å². The van der Waals surface area contributed by atoms with Gasteiger partial charge in [-0.2, -0.15) is 5.10 Å². The summed E-state index contributed by atoms with van der Waals surface area (Å²) < 4.78 is 12.4. The van der Waals surface area contributed by atoms with Crippen LogP contribution < -0.4 is 14.9 Å². The molecule has 3 aromatic rings. The normalized spacial score (nSPS) is 11.5. The number of imidazole rings is 1. The van der Waals surface area contributed by atoms with Crippen molar-refractivity contribution < 1.29 is 14.3 Å². The van der Waals surface area contributed by atoms with Crippen molar-refractivity contribution in [2.45, 2.75) is 13.8 Å². The number of nitrogens with one attached hydrogen (secondary N) is 1. The molecule has 1 N–H and O–H groups in total. The van der Waals surface area contributed by atoms with Gasteiger partial charge < -0.3 is 13.9 Å². The summed E-state index contributed by atoms with van der Waals surface area (Å²) in [6, 6.07) is 11.1. The highest BCUT2D eigenvalue weighted by molar-refractivity contribution is 6.01. The number of amides is 1.